The van der Waals surface area contributed by atoms with Gasteiger partial charge in [0.25, 0.3) is 0 Å². The highest BCUT2D eigenvalue weighted by atomic mass is 32.2. The van der Waals surface area contributed by atoms with E-state index in [-0.39, 0.29) is 22.3 Å². The lowest BCUT2D eigenvalue weighted by Crippen LogP contribution is -2.24. The van der Waals surface area contributed by atoms with Crippen LogP contribution in [0.2, 0.25) is 0 Å². The van der Waals surface area contributed by atoms with Crippen LogP contribution in [0.3, 0.4) is 0 Å². The van der Waals surface area contributed by atoms with E-state index >= 15 is 0 Å². The van der Waals surface area contributed by atoms with Gasteiger partial charge in [-0.15, -0.1) is 0 Å². The molecule has 0 saturated heterocycles. The Hall–Kier alpha value is -2.22. The van der Waals surface area contributed by atoms with E-state index < -0.39 is 15.5 Å². The molecule has 0 atom stereocenters. The van der Waals surface area contributed by atoms with E-state index in [1.54, 1.807) is 0 Å². The first-order valence-electron chi connectivity index (χ1n) is 5.81. The summed E-state index contributed by atoms with van der Waals surface area (Å²) in [7, 11) is -2.10. The van der Waals surface area contributed by atoms with E-state index in [2.05, 4.69) is 9.97 Å². The molecule has 0 saturated carbocycles. The molecule has 2 aromatic heterocycles. The van der Waals surface area contributed by atoms with Crippen LogP contribution in [-0.4, -0.2) is 35.8 Å². The third-order valence-corrected chi connectivity index (χ3v) is 4.43. The van der Waals surface area contributed by atoms with E-state index in [9.17, 15) is 13.2 Å². The minimum absolute atomic E-state index is 0.00318. The highest BCUT2D eigenvalue weighted by Gasteiger charge is 2.19. The number of pyridine rings is 1. The van der Waals surface area contributed by atoms with Crippen LogP contribution in [0.4, 0.5) is 0 Å². The van der Waals surface area contributed by atoms with Gasteiger partial charge in [-0.2, -0.15) is 4.98 Å². The summed E-state index contributed by atoms with van der Waals surface area (Å²) in [5, 5.41) is 0. The van der Waals surface area contributed by atoms with Gasteiger partial charge in [0.1, 0.15) is 4.90 Å². The summed E-state index contributed by atoms with van der Waals surface area (Å²) < 4.78 is 30.0. The van der Waals surface area contributed by atoms with E-state index in [1.807, 2.05) is 0 Å². The molecule has 0 spiro atoms. The van der Waals surface area contributed by atoms with Gasteiger partial charge in [0, 0.05) is 18.5 Å². The molecule has 0 bridgehead atoms. The summed E-state index contributed by atoms with van der Waals surface area (Å²) in [5.41, 5.74) is -0.657. The van der Waals surface area contributed by atoms with Gasteiger partial charge >= 0.3 is 5.69 Å². The fourth-order valence-electron chi connectivity index (χ4n) is 1.62. The molecule has 8 heteroatoms. The third-order valence-electron chi connectivity index (χ3n) is 2.68. The molecule has 106 valence electrons. The maximum absolute atomic E-state index is 12.0. The zero-order chi connectivity index (χ0) is 14.8. The zero-order valence-corrected chi connectivity index (χ0v) is 11.8. The van der Waals surface area contributed by atoms with Crippen molar-refractivity contribution in [1.82, 2.24) is 14.5 Å². The molecule has 0 aliphatic rings. The van der Waals surface area contributed by atoms with Crippen LogP contribution >= 0.6 is 0 Å². The molecular formula is C12H13N3O4S. The molecule has 2 rings (SSSR count). The van der Waals surface area contributed by atoms with Gasteiger partial charge in [-0.1, -0.05) is 6.92 Å². The Morgan fingerprint density at radius 3 is 2.70 bits per heavy atom. The number of methoxy groups -OCH3 is 1. The van der Waals surface area contributed by atoms with Gasteiger partial charge in [0.05, 0.1) is 12.9 Å². The lowest BCUT2D eigenvalue weighted by molar-refractivity contribution is 0.394. The van der Waals surface area contributed by atoms with Crippen molar-refractivity contribution in [2.24, 2.45) is 0 Å². The smallest absolute Gasteiger partial charge is 0.356 e. The van der Waals surface area contributed by atoms with Crippen molar-refractivity contribution >= 4 is 9.84 Å². The maximum atomic E-state index is 12.0. The van der Waals surface area contributed by atoms with Gasteiger partial charge in [0.2, 0.25) is 5.88 Å². The van der Waals surface area contributed by atoms with Crippen LogP contribution in [0.25, 0.3) is 5.82 Å². The number of aromatic nitrogens is 3. The lowest BCUT2D eigenvalue weighted by atomic mass is 10.4. The number of nitrogens with zero attached hydrogens (tertiary/aromatic N) is 3. The Bertz CT molecular complexity index is 783. The SMILES string of the molecule is CCS(=O)(=O)c1cccnc1-n1ccc(OC)nc1=O. The second kappa shape index (κ2) is 5.41. The monoisotopic (exact) mass is 295 g/mol. The topological polar surface area (TPSA) is 91.2 Å². The molecular weight excluding hydrogens is 282 g/mol. The van der Waals surface area contributed by atoms with Crippen molar-refractivity contribution < 1.29 is 13.2 Å². The lowest BCUT2D eigenvalue weighted by Gasteiger charge is -2.10. The highest BCUT2D eigenvalue weighted by Crippen LogP contribution is 2.17. The highest BCUT2D eigenvalue weighted by molar-refractivity contribution is 7.91. The zero-order valence-electron chi connectivity index (χ0n) is 11.0. The minimum atomic E-state index is -3.49. The van der Waals surface area contributed by atoms with Crippen molar-refractivity contribution in [2.75, 3.05) is 12.9 Å². The Morgan fingerprint density at radius 2 is 2.10 bits per heavy atom. The molecule has 0 aliphatic heterocycles. The summed E-state index contributed by atoms with van der Waals surface area (Å²) in [6.07, 6.45) is 2.80. The Morgan fingerprint density at radius 1 is 1.35 bits per heavy atom. The molecule has 7 nitrogen and oxygen atoms in total. The number of sulfone groups is 1. The summed E-state index contributed by atoms with van der Waals surface area (Å²) in [5.74, 6) is 0.112. The first-order chi connectivity index (χ1) is 9.49. The third kappa shape index (κ3) is 2.55. The van der Waals surface area contributed by atoms with Crippen LogP contribution in [0, 0.1) is 0 Å². The molecule has 0 N–H and O–H groups in total. The second-order valence-electron chi connectivity index (χ2n) is 3.85. The van der Waals surface area contributed by atoms with E-state index in [4.69, 9.17) is 4.74 Å². The molecule has 0 aliphatic carbocycles. The van der Waals surface area contributed by atoms with Gasteiger partial charge in [-0.25, -0.2) is 18.2 Å². The quantitative estimate of drug-likeness (QED) is 0.812. The fraction of sp³-hybridized carbons (Fsp3) is 0.250. The average Bonchev–Trinajstić information content (AvgIpc) is 2.47. The largest absolute Gasteiger partial charge is 0.481 e. The predicted molar refractivity (Wildman–Crippen MR) is 71.9 cm³/mol. The van der Waals surface area contributed by atoms with Crippen LogP contribution in [0.1, 0.15) is 6.92 Å². The Kier molecular flexibility index (Phi) is 3.84. The van der Waals surface area contributed by atoms with Crippen LogP contribution in [0.15, 0.2) is 40.3 Å². The molecule has 0 amide bonds. The molecule has 20 heavy (non-hydrogen) atoms. The number of ether oxygens (including phenoxy) is 1. The van der Waals surface area contributed by atoms with Crippen molar-refractivity contribution in [3.05, 3.63) is 41.1 Å². The number of rotatable bonds is 4. The standard InChI is InChI=1S/C12H13N3O4S/c1-3-20(17,18)9-5-4-7-13-11(9)15-8-6-10(19-2)14-12(15)16/h4-8H,3H2,1-2H3. The van der Waals surface area contributed by atoms with Gasteiger partial charge in [0.15, 0.2) is 15.7 Å². The Labute approximate surface area is 115 Å². The average molecular weight is 295 g/mol. The normalized spacial score (nSPS) is 11.3. The molecule has 2 aromatic rings. The van der Waals surface area contributed by atoms with Gasteiger partial charge in [-0.3, -0.25) is 4.57 Å². The summed E-state index contributed by atoms with van der Waals surface area (Å²) in [4.78, 5) is 19.6. The molecule has 0 unspecified atom stereocenters. The van der Waals surface area contributed by atoms with E-state index in [0.717, 1.165) is 4.57 Å². The van der Waals surface area contributed by atoms with Crippen molar-refractivity contribution in [2.45, 2.75) is 11.8 Å². The molecule has 0 radical (unpaired) electrons. The summed E-state index contributed by atoms with van der Waals surface area (Å²) in [6.45, 7) is 1.53. The van der Waals surface area contributed by atoms with E-state index in [0.29, 0.717) is 0 Å². The molecule has 2 heterocycles. The van der Waals surface area contributed by atoms with Gasteiger partial charge in [-0.05, 0) is 12.1 Å². The van der Waals surface area contributed by atoms with Crippen molar-refractivity contribution in [3.8, 4) is 11.7 Å². The van der Waals surface area contributed by atoms with Crippen molar-refractivity contribution in [1.29, 1.82) is 0 Å². The summed E-state index contributed by atoms with van der Waals surface area (Å²) in [6, 6.07) is 4.38. The van der Waals surface area contributed by atoms with Gasteiger partial charge < -0.3 is 4.74 Å². The fourth-order valence-corrected chi connectivity index (χ4v) is 2.65. The molecule has 0 aromatic carbocycles. The number of hydrogen-bond donors (Lipinski definition) is 0. The van der Waals surface area contributed by atoms with E-state index in [1.165, 1.54) is 44.6 Å². The maximum Gasteiger partial charge on any atom is 0.356 e. The van der Waals surface area contributed by atoms with Crippen LogP contribution in [-0.2, 0) is 9.84 Å². The summed E-state index contributed by atoms with van der Waals surface area (Å²) >= 11 is 0. The second-order valence-corrected chi connectivity index (χ2v) is 6.10. The Balaban J connectivity index is 2.69. The number of hydrogen-bond acceptors (Lipinski definition) is 6. The van der Waals surface area contributed by atoms with Crippen molar-refractivity contribution in [3.63, 3.8) is 0 Å². The minimum Gasteiger partial charge on any atom is -0.481 e. The van der Waals surface area contributed by atoms with Crippen LogP contribution < -0.4 is 10.4 Å². The first-order valence-corrected chi connectivity index (χ1v) is 7.46. The predicted octanol–water partition coefficient (Wildman–Crippen LogP) is 0.430. The van der Waals surface area contributed by atoms with Crippen LogP contribution in [0.5, 0.6) is 5.88 Å². The molecule has 0 fully saturated rings. The first kappa shape index (κ1) is 14.2.